The normalized spacial score (nSPS) is 16.6. The molecule has 1 atom stereocenters. The number of carbonyl (C=O) groups excluding carboxylic acids is 2. The second kappa shape index (κ2) is 4.92. The zero-order valence-electron chi connectivity index (χ0n) is 9.74. The third-order valence-electron chi connectivity index (χ3n) is 2.64. The lowest BCUT2D eigenvalue weighted by atomic mass is 9.92. The Morgan fingerprint density at radius 2 is 1.78 bits per heavy atom. The third-order valence-corrected chi connectivity index (χ3v) is 3.00. The Labute approximate surface area is 109 Å². The van der Waals surface area contributed by atoms with Crippen LogP contribution in [-0.2, 0) is 0 Å². The fourth-order valence-electron chi connectivity index (χ4n) is 1.75. The number of aliphatic hydroxyl groups excluding tert-OH is 1. The van der Waals surface area contributed by atoms with E-state index in [9.17, 15) is 14.7 Å². The largest absolute Gasteiger partial charge is 0.392 e. The van der Waals surface area contributed by atoms with E-state index in [2.05, 4.69) is 5.32 Å². The van der Waals surface area contributed by atoms with Gasteiger partial charge in [-0.1, -0.05) is 35.9 Å². The predicted octanol–water partition coefficient (Wildman–Crippen LogP) is 1.49. The molecular weight excluding hydrogens is 254 g/mol. The number of halogens is 1. The molecule has 1 aliphatic carbocycles. The molecule has 0 aromatic heterocycles. The number of fused-ring (bicyclic) bond motifs is 1. The maximum atomic E-state index is 12.1. The van der Waals surface area contributed by atoms with Crippen molar-refractivity contribution in [3.8, 4) is 0 Å². The summed E-state index contributed by atoms with van der Waals surface area (Å²) in [7, 11) is 0. The standard InChI is InChI=1S/C13H12ClNO3/c1-7(16)6-15-11-10(14)12(17)8-4-2-3-5-9(8)13(11)18/h2-5,7,15-16H,6H2,1H3/t7-/m0/s1. The molecule has 94 valence electrons. The van der Waals surface area contributed by atoms with Crippen LogP contribution in [0.4, 0.5) is 0 Å². The molecule has 0 radical (unpaired) electrons. The summed E-state index contributed by atoms with van der Waals surface area (Å²) in [6, 6.07) is 6.53. The van der Waals surface area contributed by atoms with Gasteiger partial charge in [0.2, 0.25) is 11.6 Å². The number of allylic oxidation sites excluding steroid dienone is 2. The van der Waals surface area contributed by atoms with Crippen LogP contribution in [-0.4, -0.2) is 29.3 Å². The Morgan fingerprint density at radius 3 is 2.33 bits per heavy atom. The van der Waals surface area contributed by atoms with E-state index in [1.54, 1.807) is 31.2 Å². The average molecular weight is 266 g/mol. The highest BCUT2D eigenvalue weighted by Crippen LogP contribution is 2.26. The Balaban J connectivity index is 2.40. The SMILES string of the molecule is C[C@H](O)CNC1=C(Cl)C(=O)c2ccccc2C1=O. The molecule has 4 nitrogen and oxygen atoms in total. The monoisotopic (exact) mass is 265 g/mol. The fourth-order valence-corrected chi connectivity index (χ4v) is 2.01. The van der Waals surface area contributed by atoms with E-state index in [4.69, 9.17) is 11.6 Å². The van der Waals surface area contributed by atoms with Gasteiger partial charge in [0.15, 0.2) is 0 Å². The number of hydrogen-bond donors (Lipinski definition) is 2. The summed E-state index contributed by atoms with van der Waals surface area (Å²) in [5.41, 5.74) is 0.705. The summed E-state index contributed by atoms with van der Waals surface area (Å²) >= 11 is 5.90. The number of nitrogens with one attached hydrogen (secondary N) is 1. The minimum Gasteiger partial charge on any atom is -0.392 e. The van der Waals surface area contributed by atoms with Gasteiger partial charge in [-0.25, -0.2) is 0 Å². The molecule has 0 amide bonds. The molecular formula is C13H12ClNO3. The van der Waals surface area contributed by atoms with Gasteiger partial charge >= 0.3 is 0 Å². The molecule has 2 N–H and O–H groups in total. The zero-order chi connectivity index (χ0) is 13.3. The lowest BCUT2D eigenvalue weighted by molar-refractivity contribution is 0.0971. The van der Waals surface area contributed by atoms with Crippen LogP contribution in [0, 0.1) is 0 Å². The Hall–Kier alpha value is -1.65. The highest BCUT2D eigenvalue weighted by Gasteiger charge is 2.30. The lowest BCUT2D eigenvalue weighted by Crippen LogP contribution is -2.32. The molecule has 0 spiro atoms. The van der Waals surface area contributed by atoms with Gasteiger partial charge in [-0.3, -0.25) is 9.59 Å². The van der Waals surface area contributed by atoms with Gasteiger partial charge in [0.05, 0.1) is 6.10 Å². The zero-order valence-corrected chi connectivity index (χ0v) is 10.5. The summed E-state index contributed by atoms with van der Waals surface area (Å²) < 4.78 is 0. The Morgan fingerprint density at radius 1 is 1.22 bits per heavy atom. The molecule has 0 heterocycles. The van der Waals surface area contributed by atoms with Gasteiger partial charge in [-0.15, -0.1) is 0 Å². The number of hydrogen-bond acceptors (Lipinski definition) is 4. The van der Waals surface area contributed by atoms with Gasteiger partial charge in [-0.05, 0) is 6.92 Å². The van der Waals surface area contributed by atoms with Crippen molar-refractivity contribution in [3.63, 3.8) is 0 Å². The number of aliphatic hydroxyl groups is 1. The number of carbonyl (C=O) groups is 2. The van der Waals surface area contributed by atoms with Gasteiger partial charge in [0, 0.05) is 17.7 Å². The number of benzene rings is 1. The second-order valence-electron chi connectivity index (χ2n) is 4.12. The minimum atomic E-state index is -0.637. The predicted molar refractivity (Wildman–Crippen MR) is 67.7 cm³/mol. The van der Waals surface area contributed by atoms with Gasteiger partial charge in [0.1, 0.15) is 10.7 Å². The number of ketones is 2. The summed E-state index contributed by atoms with van der Waals surface area (Å²) in [6.07, 6.45) is -0.637. The van der Waals surface area contributed by atoms with Crippen LogP contribution in [0.15, 0.2) is 35.0 Å². The topological polar surface area (TPSA) is 66.4 Å². The highest BCUT2D eigenvalue weighted by atomic mass is 35.5. The molecule has 0 saturated heterocycles. The van der Waals surface area contributed by atoms with Crippen LogP contribution in [0.5, 0.6) is 0 Å². The first kappa shape index (κ1) is 12.8. The molecule has 0 bridgehead atoms. The molecule has 1 aromatic rings. The molecule has 1 aliphatic rings. The van der Waals surface area contributed by atoms with E-state index in [0.717, 1.165) is 0 Å². The van der Waals surface area contributed by atoms with Crippen molar-refractivity contribution >= 4 is 23.2 Å². The van der Waals surface area contributed by atoms with Crippen molar-refractivity contribution in [2.45, 2.75) is 13.0 Å². The van der Waals surface area contributed by atoms with E-state index in [-0.39, 0.29) is 28.8 Å². The minimum absolute atomic E-state index is 0.0567. The van der Waals surface area contributed by atoms with E-state index < -0.39 is 6.10 Å². The first-order chi connectivity index (χ1) is 8.52. The van der Waals surface area contributed by atoms with Crippen LogP contribution < -0.4 is 5.32 Å². The van der Waals surface area contributed by atoms with Gasteiger partial charge < -0.3 is 10.4 Å². The van der Waals surface area contributed by atoms with Crippen LogP contribution >= 0.6 is 11.6 Å². The average Bonchev–Trinajstić information content (AvgIpc) is 2.36. The molecule has 18 heavy (non-hydrogen) atoms. The van der Waals surface area contributed by atoms with E-state index in [1.807, 2.05) is 0 Å². The summed E-state index contributed by atoms with van der Waals surface area (Å²) in [5, 5.41) is 11.8. The molecule has 1 aromatic carbocycles. The Bertz CT molecular complexity index is 549. The molecule has 2 rings (SSSR count). The van der Waals surface area contributed by atoms with Crippen molar-refractivity contribution in [1.82, 2.24) is 5.32 Å². The highest BCUT2D eigenvalue weighted by molar-refractivity contribution is 6.49. The summed E-state index contributed by atoms with van der Waals surface area (Å²) in [5.74, 6) is -0.698. The fraction of sp³-hybridized carbons (Fsp3) is 0.231. The van der Waals surface area contributed by atoms with Crippen molar-refractivity contribution in [2.24, 2.45) is 0 Å². The van der Waals surface area contributed by atoms with Crippen LogP contribution in [0.1, 0.15) is 27.6 Å². The van der Waals surface area contributed by atoms with Crippen molar-refractivity contribution < 1.29 is 14.7 Å². The molecule has 5 heteroatoms. The maximum Gasteiger partial charge on any atom is 0.211 e. The Kier molecular flexibility index (Phi) is 3.50. The van der Waals surface area contributed by atoms with E-state index >= 15 is 0 Å². The third kappa shape index (κ3) is 2.17. The van der Waals surface area contributed by atoms with Crippen molar-refractivity contribution in [3.05, 3.63) is 46.1 Å². The van der Waals surface area contributed by atoms with Crippen molar-refractivity contribution in [2.75, 3.05) is 6.54 Å². The van der Waals surface area contributed by atoms with Gasteiger partial charge in [-0.2, -0.15) is 0 Å². The van der Waals surface area contributed by atoms with Crippen molar-refractivity contribution in [1.29, 1.82) is 0 Å². The van der Waals surface area contributed by atoms with E-state index in [0.29, 0.717) is 11.1 Å². The van der Waals surface area contributed by atoms with Gasteiger partial charge in [0.25, 0.3) is 0 Å². The molecule has 0 fully saturated rings. The van der Waals surface area contributed by atoms with Crippen LogP contribution in [0.2, 0.25) is 0 Å². The lowest BCUT2D eigenvalue weighted by Gasteiger charge is -2.19. The number of rotatable bonds is 3. The summed E-state index contributed by atoms with van der Waals surface area (Å²) in [6.45, 7) is 1.73. The molecule has 0 unspecified atom stereocenters. The first-order valence-corrected chi connectivity index (χ1v) is 5.90. The van der Waals surface area contributed by atoms with Crippen LogP contribution in [0.25, 0.3) is 0 Å². The smallest absolute Gasteiger partial charge is 0.211 e. The summed E-state index contributed by atoms with van der Waals surface area (Å²) in [4.78, 5) is 24.1. The molecule has 0 saturated carbocycles. The first-order valence-electron chi connectivity index (χ1n) is 5.52. The number of Topliss-reactive ketones (excluding diaryl/α,β-unsaturated/α-hetero) is 2. The van der Waals surface area contributed by atoms with E-state index in [1.165, 1.54) is 0 Å². The maximum absolute atomic E-state index is 12.1. The van der Waals surface area contributed by atoms with Crippen LogP contribution in [0.3, 0.4) is 0 Å². The second-order valence-corrected chi connectivity index (χ2v) is 4.50. The quantitative estimate of drug-likeness (QED) is 0.869. The molecule has 0 aliphatic heterocycles.